The van der Waals surface area contributed by atoms with Gasteiger partial charge in [0.05, 0.1) is 12.0 Å². The zero-order valence-electron chi connectivity index (χ0n) is 11.0. The van der Waals surface area contributed by atoms with E-state index in [0.717, 1.165) is 6.42 Å². The molecule has 86 valence electrons. The average molecular weight is 215 g/mol. The van der Waals surface area contributed by atoms with Gasteiger partial charge < -0.3 is 0 Å². The molecule has 0 heterocycles. The molecule has 1 unspecified atom stereocenters. The van der Waals surface area contributed by atoms with Crippen LogP contribution in [0, 0.1) is 43.9 Å². The number of benzene rings is 1. The molecule has 1 aromatic carbocycles. The van der Waals surface area contributed by atoms with E-state index < -0.39 is 0 Å². The second kappa shape index (κ2) is 5.16. The van der Waals surface area contributed by atoms with Gasteiger partial charge in [0.1, 0.15) is 0 Å². The summed E-state index contributed by atoms with van der Waals surface area (Å²) in [5.41, 5.74) is 5.29. The third kappa shape index (κ3) is 2.85. The number of nitriles is 1. The van der Waals surface area contributed by atoms with Crippen LogP contribution in [-0.4, -0.2) is 0 Å². The zero-order valence-corrected chi connectivity index (χ0v) is 11.0. The fourth-order valence-corrected chi connectivity index (χ4v) is 2.18. The van der Waals surface area contributed by atoms with Crippen molar-refractivity contribution in [2.24, 2.45) is 11.8 Å². The van der Waals surface area contributed by atoms with Crippen LogP contribution >= 0.6 is 0 Å². The summed E-state index contributed by atoms with van der Waals surface area (Å²) in [6.07, 6.45) is 0.881. The fraction of sp³-hybridized carbons (Fsp3) is 0.533. The summed E-state index contributed by atoms with van der Waals surface area (Å²) < 4.78 is 0. The van der Waals surface area contributed by atoms with Crippen molar-refractivity contribution in [3.8, 4) is 6.07 Å². The highest BCUT2D eigenvalue weighted by Gasteiger charge is 2.15. The van der Waals surface area contributed by atoms with Crippen LogP contribution < -0.4 is 0 Å². The van der Waals surface area contributed by atoms with Gasteiger partial charge in [-0.05, 0) is 49.8 Å². The summed E-state index contributed by atoms with van der Waals surface area (Å²) in [5.74, 6) is 0.546. The van der Waals surface area contributed by atoms with Crippen molar-refractivity contribution in [1.82, 2.24) is 0 Å². The monoisotopic (exact) mass is 215 g/mol. The molecule has 0 amide bonds. The molecule has 0 aromatic heterocycles. The van der Waals surface area contributed by atoms with Gasteiger partial charge in [0.2, 0.25) is 0 Å². The Bertz CT molecular complexity index is 387. The molecule has 0 aliphatic carbocycles. The second-order valence-corrected chi connectivity index (χ2v) is 5.06. The molecule has 1 rings (SSSR count). The number of hydrogen-bond acceptors (Lipinski definition) is 1. The normalized spacial score (nSPS) is 12.6. The Morgan fingerprint density at radius 2 is 1.62 bits per heavy atom. The number of rotatable bonds is 3. The second-order valence-electron chi connectivity index (χ2n) is 5.06. The quantitative estimate of drug-likeness (QED) is 0.749. The van der Waals surface area contributed by atoms with Crippen molar-refractivity contribution < 1.29 is 0 Å². The first-order valence-corrected chi connectivity index (χ1v) is 5.92. The smallest absolute Gasteiger partial charge is 0.0661 e. The highest BCUT2D eigenvalue weighted by Crippen LogP contribution is 2.23. The van der Waals surface area contributed by atoms with Crippen LogP contribution in [0.5, 0.6) is 0 Å². The van der Waals surface area contributed by atoms with E-state index in [9.17, 15) is 0 Å². The van der Waals surface area contributed by atoms with Crippen LogP contribution in [0.2, 0.25) is 0 Å². The van der Waals surface area contributed by atoms with Gasteiger partial charge in [-0.2, -0.15) is 5.26 Å². The lowest BCUT2D eigenvalue weighted by Gasteiger charge is -2.17. The molecule has 0 N–H and O–H groups in total. The van der Waals surface area contributed by atoms with Gasteiger partial charge in [0, 0.05) is 0 Å². The van der Waals surface area contributed by atoms with Crippen LogP contribution in [0.3, 0.4) is 0 Å². The van der Waals surface area contributed by atoms with Gasteiger partial charge in [-0.15, -0.1) is 0 Å². The lowest BCUT2D eigenvalue weighted by molar-refractivity contribution is 0.472. The van der Waals surface area contributed by atoms with Crippen LogP contribution in [0.15, 0.2) is 12.1 Å². The first-order chi connectivity index (χ1) is 7.45. The summed E-state index contributed by atoms with van der Waals surface area (Å²) in [7, 11) is 0. The van der Waals surface area contributed by atoms with Crippen molar-refractivity contribution in [3.63, 3.8) is 0 Å². The minimum Gasteiger partial charge on any atom is -0.198 e. The summed E-state index contributed by atoms with van der Waals surface area (Å²) >= 11 is 0. The predicted octanol–water partition coefficient (Wildman–Crippen LogP) is 3.95. The van der Waals surface area contributed by atoms with E-state index in [4.69, 9.17) is 5.26 Å². The first-order valence-electron chi connectivity index (χ1n) is 5.92. The molecule has 0 bridgehead atoms. The van der Waals surface area contributed by atoms with Crippen molar-refractivity contribution in [2.75, 3.05) is 0 Å². The molecule has 1 atom stereocenters. The summed E-state index contributed by atoms with van der Waals surface area (Å²) in [4.78, 5) is 0. The fourth-order valence-electron chi connectivity index (χ4n) is 2.18. The van der Waals surface area contributed by atoms with E-state index in [0.29, 0.717) is 5.92 Å². The summed E-state index contributed by atoms with van der Waals surface area (Å²) in [6.45, 7) is 10.6. The standard InChI is InChI=1S/C15H21N/c1-10(2)14(9-16)8-15-12(4)6-11(3)7-13(15)5/h6-7,10,14H,8H2,1-5H3. The van der Waals surface area contributed by atoms with E-state index in [1.54, 1.807) is 0 Å². The molecular formula is C15H21N. The van der Waals surface area contributed by atoms with Crippen LogP contribution in [0.25, 0.3) is 0 Å². The van der Waals surface area contributed by atoms with Gasteiger partial charge in [0.15, 0.2) is 0 Å². The predicted molar refractivity (Wildman–Crippen MR) is 68.3 cm³/mol. The van der Waals surface area contributed by atoms with Gasteiger partial charge >= 0.3 is 0 Å². The molecule has 16 heavy (non-hydrogen) atoms. The summed E-state index contributed by atoms with van der Waals surface area (Å²) in [5, 5.41) is 9.14. The Kier molecular flexibility index (Phi) is 4.12. The molecule has 0 fully saturated rings. The Morgan fingerprint density at radius 1 is 1.12 bits per heavy atom. The largest absolute Gasteiger partial charge is 0.198 e. The Labute approximate surface area is 99.1 Å². The highest BCUT2D eigenvalue weighted by atomic mass is 14.3. The average Bonchev–Trinajstić information content (AvgIpc) is 2.15. The first kappa shape index (κ1) is 12.8. The maximum atomic E-state index is 9.14. The minimum atomic E-state index is 0.125. The minimum absolute atomic E-state index is 0.125. The lowest BCUT2D eigenvalue weighted by atomic mass is 9.86. The SMILES string of the molecule is Cc1cc(C)c(CC(C#N)C(C)C)c(C)c1. The number of nitrogens with zero attached hydrogens (tertiary/aromatic N) is 1. The Hall–Kier alpha value is -1.29. The maximum absolute atomic E-state index is 9.14. The zero-order chi connectivity index (χ0) is 12.3. The lowest BCUT2D eigenvalue weighted by Crippen LogP contribution is -2.11. The number of aryl methyl sites for hydroxylation is 3. The third-order valence-corrected chi connectivity index (χ3v) is 3.23. The molecule has 0 radical (unpaired) electrons. The van der Waals surface area contributed by atoms with E-state index >= 15 is 0 Å². The molecule has 0 aliphatic heterocycles. The molecule has 0 saturated carbocycles. The van der Waals surface area contributed by atoms with Crippen LogP contribution in [0.4, 0.5) is 0 Å². The molecule has 0 aliphatic rings. The van der Waals surface area contributed by atoms with Crippen LogP contribution in [0.1, 0.15) is 36.1 Å². The third-order valence-electron chi connectivity index (χ3n) is 3.23. The van der Waals surface area contributed by atoms with Crippen molar-refractivity contribution >= 4 is 0 Å². The Morgan fingerprint density at radius 3 is 2.00 bits per heavy atom. The maximum Gasteiger partial charge on any atom is 0.0661 e. The van der Waals surface area contributed by atoms with Gasteiger partial charge in [-0.1, -0.05) is 31.5 Å². The van der Waals surface area contributed by atoms with E-state index in [1.165, 1.54) is 22.3 Å². The molecular weight excluding hydrogens is 194 g/mol. The molecule has 0 spiro atoms. The van der Waals surface area contributed by atoms with Gasteiger partial charge in [-0.3, -0.25) is 0 Å². The van der Waals surface area contributed by atoms with Crippen molar-refractivity contribution in [3.05, 3.63) is 34.4 Å². The van der Waals surface area contributed by atoms with Crippen LogP contribution in [-0.2, 0) is 6.42 Å². The molecule has 0 saturated heterocycles. The highest BCUT2D eigenvalue weighted by molar-refractivity contribution is 5.38. The molecule has 1 heteroatoms. The Balaban J connectivity index is 3.02. The van der Waals surface area contributed by atoms with Gasteiger partial charge in [-0.25, -0.2) is 0 Å². The summed E-state index contributed by atoms with van der Waals surface area (Å²) in [6, 6.07) is 6.83. The van der Waals surface area contributed by atoms with Crippen molar-refractivity contribution in [2.45, 2.75) is 41.0 Å². The van der Waals surface area contributed by atoms with E-state index in [-0.39, 0.29) is 5.92 Å². The number of hydrogen-bond donors (Lipinski definition) is 0. The molecule has 1 aromatic rings. The topological polar surface area (TPSA) is 23.8 Å². The van der Waals surface area contributed by atoms with Gasteiger partial charge in [0.25, 0.3) is 0 Å². The van der Waals surface area contributed by atoms with E-state index in [1.807, 2.05) is 0 Å². The van der Waals surface area contributed by atoms with Crippen molar-refractivity contribution in [1.29, 1.82) is 5.26 Å². The van der Waals surface area contributed by atoms with E-state index in [2.05, 4.69) is 52.8 Å². The molecule has 1 nitrogen and oxygen atoms in total.